The highest BCUT2D eigenvalue weighted by molar-refractivity contribution is 6.31. The molecule has 0 unspecified atom stereocenters. The Labute approximate surface area is 137 Å². The Morgan fingerprint density at radius 2 is 2.00 bits per heavy atom. The summed E-state index contributed by atoms with van der Waals surface area (Å²) in [6.45, 7) is 3.73. The van der Waals surface area contributed by atoms with E-state index in [1.807, 2.05) is 24.3 Å². The molecule has 2 rings (SSSR count). The second-order valence-corrected chi connectivity index (χ2v) is 6.50. The fourth-order valence-corrected chi connectivity index (χ4v) is 3.18. The molecule has 0 bridgehead atoms. The van der Waals surface area contributed by atoms with Gasteiger partial charge in [0.15, 0.2) is 0 Å². The van der Waals surface area contributed by atoms with Gasteiger partial charge in [-0.3, -0.25) is 0 Å². The van der Waals surface area contributed by atoms with Crippen molar-refractivity contribution in [1.29, 1.82) is 0 Å². The van der Waals surface area contributed by atoms with Gasteiger partial charge in [-0.1, -0.05) is 36.7 Å². The molecule has 1 fully saturated rings. The summed E-state index contributed by atoms with van der Waals surface area (Å²) in [4.78, 5) is 13.4. The molecule has 0 atom stereocenters. The zero-order valence-electron chi connectivity index (χ0n) is 13.1. The quantitative estimate of drug-likeness (QED) is 0.809. The number of rotatable bonds is 6. The maximum absolute atomic E-state index is 11.7. The van der Waals surface area contributed by atoms with Crippen molar-refractivity contribution in [2.24, 2.45) is 11.7 Å². The fraction of sp³-hybridized carbons (Fsp3) is 0.588. The number of carbonyl (C=O) groups is 1. The molecule has 0 aliphatic heterocycles. The molecule has 22 heavy (non-hydrogen) atoms. The van der Waals surface area contributed by atoms with E-state index in [1.165, 1.54) is 0 Å². The lowest BCUT2D eigenvalue weighted by Gasteiger charge is -2.35. The van der Waals surface area contributed by atoms with E-state index in [2.05, 4.69) is 6.92 Å². The van der Waals surface area contributed by atoms with Crippen LogP contribution in [-0.4, -0.2) is 30.1 Å². The Morgan fingerprint density at radius 1 is 1.32 bits per heavy atom. The highest BCUT2D eigenvalue weighted by Gasteiger charge is 2.25. The van der Waals surface area contributed by atoms with Crippen LogP contribution in [0.3, 0.4) is 0 Å². The van der Waals surface area contributed by atoms with Crippen molar-refractivity contribution >= 4 is 17.6 Å². The van der Waals surface area contributed by atoms with E-state index in [4.69, 9.17) is 22.1 Å². The van der Waals surface area contributed by atoms with E-state index in [1.54, 1.807) is 4.90 Å². The van der Waals surface area contributed by atoms with Crippen LogP contribution in [0.15, 0.2) is 24.3 Å². The summed E-state index contributed by atoms with van der Waals surface area (Å²) in [7, 11) is 0. The number of nitrogens with two attached hydrogens (primary N) is 1. The summed E-state index contributed by atoms with van der Waals surface area (Å²) in [5.74, 6) is 0.752. The van der Waals surface area contributed by atoms with E-state index in [0.29, 0.717) is 24.8 Å². The molecule has 4 nitrogen and oxygen atoms in total. The number of nitrogens with zero attached hydrogens (tertiary/aromatic N) is 1. The number of hydrogen-bond donors (Lipinski definition) is 1. The average molecular weight is 325 g/mol. The summed E-state index contributed by atoms with van der Waals surface area (Å²) in [5.41, 5.74) is 6.49. The predicted octanol–water partition coefficient (Wildman–Crippen LogP) is 3.82. The van der Waals surface area contributed by atoms with Crippen molar-refractivity contribution in [2.75, 3.05) is 13.2 Å². The Hall–Kier alpha value is -1.26. The Kier molecular flexibility index (Phi) is 6.52. The normalized spacial score (nSPS) is 21.5. The smallest absolute Gasteiger partial charge is 0.315 e. The number of halogens is 1. The third-order valence-corrected chi connectivity index (χ3v) is 4.77. The summed E-state index contributed by atoms with van der Waals surface area (Å²) >= 11 is 6.09. The van der Waals surface area contributed by atoms with Crippen LogP contribution in [0.2, 0.25) is 5.02 Å². The number of carbonyl (C=O) groups excluding carboxylic acids is 1. The first kappa shape index (κ1) is 17.1. The third-order valence-electron chi connectivity index (χ3n) is 4.40. The molecule has 0 radical (unpaired) electrons. The second-order valence-electron chi connectivity index (χ2n) is 6.09. The summed E-state index contributed by atoms with van der Waals surface area (Å²) < 4.78 is 5.66. The van der Waals surface area contributed by atoms with E-state index in [9.17, 15) is 4.79 Å². The fourth-order valence-electron chi connectivity index (χ4n) is 2.99. The van der Waals surface area contributed by atoms with Crippen LogP contribution in [0.4, 0.5) is 4.79 Å². The number of hydrogen-bond acceptors (Lipinski definition) is 2. The molecule has 1 aliphatic rings. The molecule has 0 spiro atoms. The predicted molar refractivity (Wildman–Crippen MR) is 88.8 cm³/mol. The first-order valence-electron chi connectivity index (χ1n) is 7.95. The van der Waals surface area contributed by atoms with Crippen molar-refractivity contribution < 1.29 is 9.53 Å². The Bertz CT molecular complexity index is 487. The zero-order valence-corrected chi connectivity index (χ0v) is 13.9. The number of ether oxygens (including phenoxy) is 1. The van der Waals surface area contributed by atoms with Crippen molar-refractivity contribution in [3.63, 3.8) is 0 Å². The number of amides is 2. The van der Waals surface area contributed by atoms with Crippen LogP contribution in [0.25, 0.3) is 0 Å². The maximum atomic E-state index is 11.7. The molecule has 0 heterocycles. The molecule has 1 aromatic rings. The minimum absolute atomic E-state index is 0.262. The first-order chi connectivity index (χ1) is 10.6. The molecule has 1 aliphatic carbocycles. The number of urea groups is 1. The highest BCUT2D eigenvalue weighted by Crippen LogP contribution is 2.27. The largest absolute Gasteiger partial charge is 0.375 e. The lowest BCUT2D eigenvalue weighted by molar-refractivity contribution is 0.0802. The van der Waals surface area contributed by atoms with Crippen molar-refractivity contribution in [3.05, 3.63) is 34.9 Å². The summed E-state index contributed by atoms with van der Waals surface area (Å²) in [6.07, 6.45) is 4.40. The van der Waals surface area contributed by atoms with Gasteiger partial charge >= 0.3 is 6.03 Å². The molecular formula is C17H25ClN2O2. The molecule has 5 heteroatoms. The van der Waals surface area contributed by atoms with Gasteiger partial charge in [-0.25, -0.2) is 4.79 Å². The monoisotopic (exact) mass is 324 g/mol. The number of primary amides is 1. The van der Waals surface area contributed by atoms with Gasteiger partial charge in [0.05, 0.1) is 13.2 Å². The Balaban J connectivity index is 1.77. The van der Waals surface area contributed by atoms with Crippen LogP contribution in [0.5, 0.6) is 0 Å². The van der Waals surface area contributed by atoms with E-state index >= 15 is 0 Å². The summed E-state index contributed by atoms with van der Waals surface area (Å²) in [5, 5.41) is 0.704. The second kappa shape index (κ2) is 8.39. The molecule has 2 N–H and O–H groups in total. The van der Waals surface area contributed by atoms with Gasteiger partial charge in [0.2, 0.25) is 0 Å². The van der Waals surface area contributed by atoms with Gasteiger partial charge in [-0.2, -0.15) is 0 Å². The van der Waals surface area contributed by atoms with Gasteiger partial charge in [-0.05, 0) is 43.2 Å². The van der Waals surface area contributed by atoms with Gasteiger partial charge in [0.25, 0.3) is 0 Å². The first-order valence-corrected chi connectivity index (χ1v) is 8.33. The molecule has 0 aromatic heterocycles. The lowest BCUT2D eigenvalue weighted by atomic mass is 9.86. The topological polar surface area (TPSA) is 55.6 Å². The van der Waals surface area contributed by atoms with E-state index < -0.39 is 0 Å². The van der Waals surface area contributed by atoms with E-state index in [-0.39, 0.29) is 12.1 Å². The SMILES string of the molecule is C[C@H]1CC[C@H](N(CCOCc2ccccc2Cl)C(N)=O)CC1. The lowest BCUT2D eigenvalue weighted by Crippen LogP contribution is -2.46. The molecular weight excluding hydrogens is 300 g/mol. The molecule has 1 saturated carbocycles. The van der Waals surface area contributed by atoms with Crippen LogP contribution in [-0.2, 0) is 11.3 Å². The highest BCUT2D eigenvalue weighted by atomic mass is 35.5. The van der Waals surface area contributed by atoms with E-state index in [0.717, 1.165) is 37.2 Å². The minimum Gasteiger partial charge on any atom is -0.375 e. The van der Waals surface area contributed by atoms with Gasteiger partial charge in [0.1, 0.15) is 0 Å². The minimum atomic E-state index is -0.346. The zero-order chi connectivity index (χ0) is 15.9. The third kappa shape index (κ3) is 4.89. The average Bonchev–Trinajstić information content (AvgIpc) is 2.50. The molecule has 2 amide bonds. The molecule has 1 aromatic carbocycles. The summed E-state index contributed by atoms with van der Waals surface area (Å²) in [6, 6.07) is 7.53. The van der Waals surface area contributed by atoms with Gasteiger partial charge in [0, 0.05) is 17.6 Å². The van der Waals surface area contributed by atoms with Crippen LogP contribution in [0, 0.1) is 5.92 Å². The Morgan fingerprint density at radius 3 is 2.64 bits per heavy atom. The van der Waals surface area contributed by atoms with Gasteiger partial charge < -0.3 is 15.4 Å². The molecule has 0 saturated heterocycles. The maximum Gasteiger partial charge on any atom is 0.315 e. The number of benzene rings is 1. The van der Waals surface area contributed by atoms with Crippen molar-refractivity contribution in [3.8, 4) is 0 Å². The van der Waals surface area contributed by atoms with Gasteiger partial charge in [-0.15, -0.1) is 0 Å². The van der Waals surface area contributed by atoms with Crippen LogP contribution < -0.4 is 5.73 Å². The van der Waals surface area contributed by atoms with Crippen molar-refractivity contribution in [1.82, 2.24) is 4.90 Å². The van der Waals surface area contributed by atoms with Crippen LogP contribution >= 0.6 is 11.6 Å². The van der Waals surface area contributed by atoms with Crippen molar-refractivity contribution in [2.45, 2.75) is 45.3 Å². The van der Waals surface area contributed by atoms with Crippen LogP contribution in [0.1, 0.15) is 38.2 Å². The standard InChI is InChI=1S/C17H25ClN2O2/c1-13-6-8-15(9-7-13)20(17(19)21)10-11-22-12-14-4-2-3-5-16(14)18/h2-5,13,15H,6-12H2,1H3,(H2,19,21)/t13-,15-. The molecule has 122 valence electrons.